The van der Waals surface area contributed by atoms with Crippen molar-refractivity contribution in [2.75, 3.05) is 26.2 Å². The number of fused-ring (bicyclic) bond motifs is 1. The van der Waals surface area contributed by atoms with E-state index in [0.717, 1.165) is 32.1 Å². The number of amides is 2. The normalized spacial score (nSPS) is 33.3. The van der Waals surface area contributed by atoms with Crippen LogP contribution in [0.25, 0.3) is 0 Å². The van der Waals surface area contributed by atoms with E-state index in [4.69, 9.17) is 5.11 Å². The first kappa shape index (κ1) is 14.6. The fraction of sp³-hybridized carbons (Fsp3) is 0.867. The molecule has 0 spiro atoms. The molecule has 0 aromatic carbocycles. The summed E-state index contributed by atoms with van der Waals surface area (Å²) in [5.74, 6) is -0.0725. The Morgan fingerprint density at radius 3 is 2.43 bits per heavy atom. The van der Waals surface area contributed by atoms with Crippen molar-refractivity contribution in [1.29, 1.82) is 0 Å². The first-order valence-corrected chi connectivity index (χ1v) is 8.01. The van der Waals surface area contributed by atoms with Crippen molar-refractivity contribution in [3.05, 3.63) is 0 Å². The Bertz CT molecular complexity index is 420. The largest absolute Gasteiger partial charge is 0.480 e. The number of aliphatic hydroxyl groups is 1. The van der Waals surface area contributed by atoms with Gasteiger partial charge in [-0.25, -0.2) is 9.59 Å². The van der Waals surface area contributed by atoms with Gasteiger partial charge in [-0.3, -0.25) is 0 Å². The zero-order valence-electron chi connectivity index (χ0n) is 12.3. The van der Waals surface area contributed by atoms with Crippen LogP contribution in [0.15, 0.2) is 0 Å². The number of piperidine rings is 1. The van der Waals surface area contributed by atoms with Crippen molar-refractivity contribution in [3.63, 3.8) is 0 Å². The Morgan fingerprint density at radius 1 is 1.10 bits per heavy atom. The number of carbonyl (C=O) groups is 2. The molecule has 0 bridgehead atoms. The summed E-state index contributed by atoms with van der Waals surface area (Å²) < 4.78 is 0. The molecule has 0 aromatic heterocycles. The lowest BCUT2D eigenvalue weighted by molar-refractivity contribution is -0.142. The van der Waals surface area contributed by atoms with Crippen LogP contribution in [-0.2, 0) is 4.79 Å². The van der Waals surface area contributed by atoms with Crippen LogP contribution in [0, 0.1) is 17.8 Å². The number of urea groups is 1. The summed E-state index contributed by atoms with van der Waals surface area (Å²) in [7, 11) is 0. The monoisotopic (exact) mass is 296 g/mol. The first-order chi connectivity index (χ1) is 10.1. The van der Waals surface area contributed by atoms with Crippen LogP contribution in [0.2, 0.25) is 0 Å². The molecule has 6 heteroatoms. The molecule has 2 amide bonds. The van der Waals surface area contributed by atoms with Gasteiger partial charge in [-0.15, -0.1) is 0 Å². The fourth-order valence-electron chi connectivity index (χ4n) is 4.31. The summed E-state index contributed by atoms with van der Waals surface area (Å²) in [6.45, 7) is 2.03. The van der Waals surface area contributed by atoms with Crippen LogP contribution >= 0.6 is 0 Å². The summed E-state index contributed by atoms with van der Waals surface area (Å²) >= 11 is 0. The lowest BCUT2D eigenvalue weighted by Crippen LogP contribution is -2.51. The van der Waals surface area contributed by atoms with Gasteiger partial charge in [0.2, 0.25) is 0 Å². The van der Waals surface area contributed by atoms with E-state index >= 15 is 0 Å². The zero-order valence-corrected chi connectivity index (χ0v) is 12.3. The van der Waals surface area contributed by atoms with Gasteiger partial charge in [0.1, 0.15) is 6.04 Å². The van der Waals surface area contributed by atoms with E-state index in [2.05, 4.69) is 0 Å². The second-order valence-electron chi connectivity index (χ2n) is 6.69. The molecule has 2 aliphatic heterocycles. The topological polar surface area (TPSA) is 81.1 Å². The molecule has 3 unspecified atom stereocenters. The van der Waals surface area contributed by atoms with E-state index in [1.165, 1.54) is 0 Å². The quantitative estimate of drug-likeness (QED) is 0.796. The summed E-state index contributed by atoms with van der Waals surface area (Å²) in [5.41, 5.74) is 0. The van der Waals surface area contributed by atoms with Crippen molar-refractivity contribution >= 4 is 12.0 Å². The predicted octanol–water partition coefficient (Wildman–Crippen LogP) is 0.996. The summed E-state index contributed by atoms with van der Waals surface area (Å²) in [5, 5.41) is 18.7. The van der Waals surface area contributed by atoms with E-state index in [-0.39, 0.29) is 24.5 Å². The lowest BCUT2D eigenvalue weighted by Gasteiger charge is -2.35. The van der Waals surface area contributed by atoms with Crippen LogP contribution in [0.3, 0.4) is 0 Å². The zero-order chi connectivity index (χ0) is 15.0. The highest BCUT2D eigenvalue weighted by atomic mass is 16.4. The van der Waals surface area contributed by atoms with Gasteiger partial charge in [0, 0.05) is 26.2 Å². The predicted molar refractivity (Wildman–Crippen MR) is 75.7 cm³/mol. The molecule has 6 nitrogen and oxygen atoms in total. The third kappa shape index (κ3) is 2.61. The molecule has 3 fully saturated rings. The number of hydrogen-bond donors (Lipinski definition) is 2. The second kappa shape index (κ2) is 5.83. The Morgan fingerprint density at radius 2 is 1.81 bits per heavy atom. The Labute approximate surface area is 124 Å². The SMILES string of the molecule is O=C(O)C1C2CCCC2CN1C(=O)N1CCC(CO)CC1. The van der Waals surface area contributed by atoms with Crippen molar-refractivity contribution in [1.82, 2.24) is 9.80 Å². The number of likely N-dealkylation sites (tertiary alicyclic amines) is 2. The number of carboxylic acid groups (broad SMARTS) is 1. The maximum Gasteiger partial charge on any atom is 0.326 e. The maximum atomic E-state index is 12.7. The molecule has 2 heterocycles. The van der Waals surface area contributed by atoms with E-state index in [9.17, 15) is 14.7 Å². The molecule has 1 aliphatic carbocycles. The van der Waals surface area contributed by atoms with Gasteiger partial charge >= 0.3 is 12.0 Å². The minimum absolute atomic E-state index is 0.117. The number of nitrogens with zero attached hydrogens (tertiary/aromatic N) is 2. The maximum absolute atomic E-state index is 12.7. The number of aliphatic carboxylic acids is 1. The highest BCUT2D eigenvalue weighted by Crippen LogP contribution is 2.42. The van der Waals surface area contributed by atoms with Crippen LogP contribution in [0.4, 0.5) is 4.79 Å². The third-order valence-electron chi connectivity index (χ3n) is 5.53. The molecule has 3 atom stereocenters. The van der Waals surface area contributed by atoms with E-state index < -0.39 is 12.0 Å². The molecule has 0 radical (unpaired) electrons. The molecule has 2 saturated heterocycles. The highest BCUT2D eigenvalue weighted by molar-refractivity contribution is 5.84. The number of hydrogen-bond acceptors (Lipinski definition) is 3. The van der Waals surface area contributed by atoms with E-state index in [1.54, 1.807) is 9.80 Å². The van der Waals surface area contributed by atoms with E-state index in [0.29, 0.717) is 25.6 Å². The Balaban J connectivity index is 1.68. The highest BCUT2D eigenvalue weighted by Gasteiger charge is 2.50. The third-order valence-corrected chi connectivity index (χ3v) is 5.53. The smallest absolute Gasteiger partial charge is 0.326 e. The molecule has 1 saturated carbocycles. The molecule has 118 valence electrons. The fourth-order valence-corrected chi connectivity index (χ4v) is 4.31. The molecule has 3 rings (SSSR count). The average Bonchev–Trinajstić information content (AvgIpc) is 3.06. The average molecular weight is 296 g/mol. The van der Waals surface area contributed by atoms with Crippen molar-refractivity contribution in [3.8, 4) is 0 Å². The summed E-state index contributed by atoms with van der Waals surface area (Å²) in [6.07, 6.45) is 4.67. The van der Waals surface area contributed by atoms with Gasteiger partial charge in [0.15, 0.2) is 0 Å². The second-order valence-corrected chi connectivity index (χ2v) is 6.69. The Kier molecular flexibility index (Phi) is 4.06. The molecule has 0 aromatic rings. The molecule has 2 N–H and O–H groups in total. The minimum Gasteiger partial charge on any atom is -0.480 e. The van der Waals surface area contributed by atoms with Gasteiger partial charge < -0.3 is 20.0 Å². The van der Waals surface area contributed by atoms with Crippen molar-refractivity contribution < 1.29 is 19.8 Å². The molecular weight excluding hydrogens is 272 g/mol. The number of aliphatic hydroxyl groups excluding tert-OH is 1. The first-order valence-electron chi connectivity index (χ1n) is 8.01. The van der Waals surface area contributed by atoms with E-state index in [1.807, 2.05) is 0 Å². The number of carboxylic acids is 1. The van der Waals surface area contributed by atoms with Crippen LogP contribution in [0.1, 0.15) is 32.1 Å². The van der Waals surface area contributed by atoms with Crippen molar-refractivity contribution in [2.45, 2.75) is 38.1 Å². The molecule has 21 heavy (non-hydrogen) atoms. The van der Waals surface area contributed by atoms with Gasteiger partial charge in [0.25, 0.3) is 0 Å². The lowest BCUT2D eigenvalue weighted by atomic mass is 9.94. The van der Waals surface area contributed by atoms with Crippen LogP contribution in [0.5, 0.6) is 0 Å². The van der Waals surface area contributed by atoms with Gasteiger partial charge in [0.05, 0.1) is 0 Å². The van der Waals surface area contributed by atoms with Crippen LogP contribution < -0.4 is 0 Å². The van der Waals surface area contributed by atoms with Crippen molar-refractivity contribution in [2.24, 2.45) is 17.8 Å². The number of rotatable bonds is 2. The summed E-state index contributed by atoms with van der Waals surface area (Å²) in [4.78, 5) is 27.6. The van der Waals surface area contributed by atoms with Gasteiger partial charge in [-0.05, 0) is 43.4 Å². The van der Waals surface area contributed by atoms with Gasteiger partial charge in [-0.2, -0.15) is 0 Å². The Hall–Kier alpha value is -1.30. The summed E-state index contributed by atoms with van der Waals surface area (Å²) in [6, 6.07) is -0.756. The molecular formula is C15H24N2O4. The minimum atomic E-state index is -0.858. The standard InChI is InChI=1S/C15H24N2O4/c18-9-10-4-6-16(7-5-10)15(21)17-8-11-2-1-3-12(11)13(17)14(19)20/h10-13,18H,1-9H2,(H,19,20). The van der Waals surface area contributed by atoms with Crippen LogP contribution in [-0.4, -0.2) is 64.3 Å². The van der Waals surface area contributed by atoms with Gasteiger partial charge in [-0.1, -0.05) is 6.42 Å². The molecule has 3 aliphatic rings. The number of carbonyl (C=O) groups excluding carboxylic acids is 1.